The van der Waals surface area contributed by atoms with Crippen molar-refractivity contribution in [3.63, 3.8) is 0 Å². The van der Waals surface area contributed by atoms with Gasteiger partial charge in [-0.2, -0.15) is 8.42 Å². The van der Waals surface area contributed by atoms with E-state index in [-0.39, 0.29) is 58.9 Å². The fraction of sp³-hybridized carbons (Fsp3) is 0.0370. The smallest absolute Gasteiger partial charge is 1.00 e. The molecular formula is C27H19N2NaO5S. The molecule has 0 radical (unpaired) electrons. The second kappa shape index (κ2) is 8.69. The van der Waals surface area contributed by atoms with Gasteiger partial charge in [-0.3, -0.25) is 14.1 Å². The van der Waals surface area contributed by atoms with Crippen molar-refractivity contribution >= 4 is 38.7 Å². The number of nitrogens with one attached hydrogen (secondary N) is 1. The molecule has 0 fully saturated rings. The molecule has 0 saturated heterocycles. The van der Waals surface area contributed by atoms with E-state index in [0.29, 0.717) is 5.69 Å². The Morgan fingerprint density at radius 3 is 2.03 bits per heavy atom. The summed E-state index contributed by atoms with van der Waals surface area (Å²) in [7, 11) is -4.77. The average Bonchev–Trinajstić information content (AvgIpc) is 3.20. The predicted molar refractivity (Wildman–Crippen MR) is 133 cm³/mol. The van der Waals surface area contributed by atoms with Crippen molar-refractivity contribution in [3.05, 3.63) is 106 Å². The molecule has 4 aromatic carbocycles. The first-order chi connectivity index (χ1) is 16.7. The van der Waals surface area contributed by atoms with Crippen LogP contribution in [0, 0.1) is 0 Å². The number of anilines is 3. The zero-order valence-corrected chi connectivity index (χ0v) is 22.0. The monoisotopic (exact) mass is 506 g/mol. The topological polar surface area (TPSA) is 127 Å². The quantitative estimate of drug-likeness (QED) is 0.190. The minimum absolute atomic E-state index is 0. The molecule has 0 spiro atoms. The average molecular weight is 507 g/mol. The molecular weight excluding hydrogens is 487 g/mol. The van der Waals surface area contributed by atoms with Crippen molar-refractivity contribution < 1.29 is 53.5 Å². The Balaban J connectivity index is 0.00000160. The Bertz CT molecular complexity index is 1740. The summed E-state index contributed by atoms with van der Waals surface area (Å²) in [4.78, 5) is 26.1. The van der Waals surface area contributed by atoms with Gasteiger partial charge in [0.05, 0.1) is 22.5 Å². The number of ketones is 2. The number of fused-ring (bicyclic) bond motifs is 5. The van der Waals surface area contributed by atoms with E-state index in [0.717, 1.165) is 29.2 Å². The molecule has 0 heterocycles. The van der Waals surface area contributed by atoms with Gasteiger partial charge in [0.2, 0.25) is 0 Å². The summed E-state index contributed by atoms with van der Waals surface area (Å²) in [6.45, 7) is 0. The van der Waals surface area contributed by atoms with Crippen molar-refractivity contribution in [1.82, 2.24) is 0 Å². The van der Waals surface area contributed by atoms with Crippen LogP contribution in [0.5, 0.6) is 0 Å². The van der Waals surface area contributed by atoms with Crippen LogP contribution in [0.4, 0.5) is 17.1 Å². The molecule has 0 unspecified atom stereocenters. The molecule has 0 atom stereocenters. The van der Waals surface area contributed by atoms with E-state index in [1.165, 1.54) is 11.6 Å². The standard InChI is InChI=1S/C27H18N2O5S.Na.H/c28-25-22(35(32,33)34)13-21(23-24(25)27(31)20-8-4-3-7-19(20)26(23)30)29-16-9-10-18-15(12-16)11-14-5-1-2-6-17(14)18;;/h1-10,12-13,29H,11,28H2,(H,32,33,34);;/q;+1;-1. The van der Waals surface area contributed by atoms with E-state index in [1.54, 1.807) is 18.2 Å². The summed E-state index contributed by atoms with van der Waals surface area (Å²) in [5.41, 5.74) is 10.9. The zero-order chi connectivity index (χ0) is 24.5. The molecule has 36 heavy (non-hydrogen) atoms. The Labute approximate surface area is 230 Å². The van der Waals surface area contributed by atoms with Crippen LogP contribution in [0.25, 0.3) is 11.1 Å². The van der Waals surface area contributed by atoms with Crippen LogP contribution in [0.2, 0.25) is 0 Å². The molecule has 7 nitrogen and oxygen atoms in total. The summed E-state index contributed by atoms with van der Waals surface area (Å²) in [6.07, 6.45) is 0.738. The SMILES string of the molecule is Nc1c(S(=O)(=O)O)cc(Nc2ccc3c(c2)Cc2ccccc2-3)c2c1C(=O)c1ccccc1C2=O.[H-].[Na+]. The van der Waals surface area contributed by atoms with Crippen molar-refractivity contribution in [2.45, 2.75) is 11.3 Å². The number of hydrogen-bond donors (Lipinski definition) is 3. The Morgan fingerprint density at radius 2 is 1.36 bits per heavy atom. The first kappa shape index (κ1) is 24.4. The number of nitrogen functional groups attached to an aromatic ring is 1. The molecule has 0 amide bonds. The van der Waals surface area contributed by atoms with E-state index in [1.807, 2.05) is 30.3 Å². The van der Waals surface area contributed by atoms with Gasteiger partial charge in [0.25, 0.3) is 10.1 Å². The van der Waals surface area contributed by atoms with Crippen molar-refractivity contribution in [3.8, 4) is 11.1 Å². The summed E-state index contributed by atoms with van der Waals surface area (Å²) in [5.74, 6) is -1.04. The maximum absolute atomic E-state index is 13.5. The van der Waals surface area contributed by atoms with Gasteiger partial charge >= 0.3 is 29.6 Å². The van der Waals surface area contributed by atoms with Gasteiger partial charge in [-0.05, 0) is 46.9 Å². The van der Waals surface area contributed by atoms with Crippen LogP contribution in [0.1, 0.15) is 44.4 Å². The van der Waals surface area contributed by atoms with Gasteiger partial charge in [0, 0.05) is 16.8 Å². The number of benzene rings is 4. The van der Waals surface area contributed by atoms with E-state index < -0.39 is 32.3 Å². The third-order valence-corrected chi connectivity index (χ3v) is 7.44. The van der Waals surface area contributed by atoms with Gasteiger partial charge in [-0.25, -0.2) is 0 Å². The molecule has 0 saturated carbocycles. The molecule has 174 valence electrons. The number of nitrogens with two attached hydrogens (primary N) is 1. The summed E-state index contributed by atoms with van der Waals surface area (Å²) in [5, 5.41) is 3.11. The maximum Gasteiger partial charge on any atom is 1.00 e. The molecule has 0 bridgehead atoms. The van der Waals surface area contributed by atoms with E-state index in [4.69, 9.17) is 5.73 Å². The van der Waals surface area contributed by atoms with Crippen LogP contribution in [-0.2, 0) is 16.5 Å². The summed E-state index contributed by atoms with van der Waals surface area (Å²) < 4.78 is 34.0. The van der Waals surface area contributed by atoms with Gasteiger partial charge in [-0.15, -0.1) is 0 Å². The summed E-state index contributed by atoms with van der Waals surface area (Å²) in [6, 6.07) is 21.2. The number of carbonyl (C=O) groups is 2. The van der Waals surface area contributed by atoms with Crippen molar-refractivity contribution in [1.29, 1.82) is 0 Å². The van der Waals surface area contributed by atoms with Crippen LogP contribution < -0.4 is 40.6 Å². The molecule has 2 aliphatic rings. The first-order valence-electron chi connectivity index (χ1n) is 10.8. The molecule has 4 aromatic rings. The van der Waals surface area contributed by atoms with Crippen molar-refractivity contribution in [2.24, 2.45) is 0 Å². The van der Waals surface area contributed by atoms with Gasteiger partial charge in [0.1, 0.15) is 4.90 Å². The zero-order valence-electron chi connectivity index (χ0n) is 20.2. The summed E-state index contributed by atoms with van der Waals surface area (Å²) >= 11 is 0. The molecule has 9 heteroatoms. The number of carbonyl (C=O) groups excluding carboxylic acids is 2. The molecule has 0 aromatic heterocycles. The molecule has 4 N–H and O–H groups in total. The van der Waals surface area contributed by atoms with Gasteiger partial charge < -0.3 is 12.5 Å². The van der Waals surface area contributed by atoms with Crippen LogP contribution in [0.15, 0.2) is 77.7 Å². The first-order valence-corrected chi connectivity index (χ1v) is 12.3. The molecule has 0 aliphatic heterocycles. The van der Waals surface area contributed by atoms with E-state index >= 15 is 0 Å². The minimum atomic E-state index is -4.77. The largest absolute Gasteiger partial charge is 1.00 e. The molecule has 6 rings (SSSR count). The second-order valence-electron chi connectivity index (χ2n) is 8.60. The fourth-order valence-electron chi connectivity index (χ4n) is 4.98. The Morgan fingerprint density at radius 1 is 0.778 bits per heavy atom. The predicted octanol–water partition coefficient (Wildman–Crippen LogP) is 1.72. The van der Waals surface area contributed by atoms with Gasteiger partial charge in [-0.1, -0.05) is 54.6 Å². The fourth-order valence-corrected chi connectivity index (χ4v) is 5.63. The maximum atomic E-state index is 13.5. The number of hydrogen-bond acceptors (Lipinski definition) is 6. The normalized spacial score (nSPS) is 13.2. The Hall–Kier alpha value is -3.27. The van der Waals surface area contributed by atoms with E-state index in [9.17, 15) is 22.6 Å². The minimum Gasteiger partial charge on any atom is -1.00 e. The third kappa shape index (κ3) is 3.70. The molecule has 2 aliphatic carbocycles. The van der Waals surface area contributed by atoms with Gasteiger partial charge in [0.15, 0.2) is 11.6 Å². The second-order valence-corrected chi connectivity index (χ2v) is 9.99. The van der Waals surface area contributed by atoms with Crippen LogP contribution >= 0.6 is 0 Å². The third-order valence-electron chi connectivity index (χ3n) is 6.55. The Kier molecular flexibility index (Phi) is 5.89. The number of rotatable bonds is 3. The van der Waals surface area contributed by atoms with Crippen molar-refractivity contribution in [2.75, 3.05) is 11.1 Å². The van der Waals surface area contributed by atoms with Crippen LogP contribution in [-0.4, -0.2) is 24.5 Å². The van der Waals surface area contributed by atoms with E-state index in [2.05, 4.69) is 17.4 Å². The van der Waals surface area contributed by atoms with Crippen LogP contribution in [0.3, 0.4) is 0 Å².